The second-order valence-corrected chi connectivity index (χ2v) is 3.50. The number of aromatic nitrogens is 1. The SMILES string of the molecule is O=C(NC1CNC1)c1cc(Cl)c[nH]1. The number of carbonyl (C=O) groups is 1. The smallest absolute Gasteiger partial charge is 0.268 e. The summed E-state index contributed by atoms with van der Waals surface area (Å²) in [6.07, 6.45) is 1.59. The van der Waals surface area contributed by atoms with Crippen LogP contribution in [-0.2, 0) is 0 Å². The molecule has 13 heavy (non-hydrogen) atoms. The number of hydrogen-bond acceptors (Lipinski definition) is 2. The zero-order valence-corrected chi connectivity index (χ0v) is 7.69. The fourth-order valence-electron chi connectivity index (χ4n) is 1.15. The van der Waals surface area contributed by atoms with Crippen LogP contribution in [0.5, 0.6) is 0 Å². The van der Waals surface area contributed by atoms with Crippen LogP contribution in [0.2, 0.25) is 5.02 Å². The highest BCUT2D eigenvalue weighted by atomic mass is 35.5. The predicted octanol–water partition coefficient (Wildman–Crippen LogP) is 0.370. The summed E-state index contributed by atoms with van der Waals surface area (Å²) >= 11 is 5.67. The van der Waals surface area contributed by atoms with Crippen molar-refractivity contribution in [2.75, 3.05) is 13.1 Å². The molecule has 0 bridgehead atoms. The Labute approximate surface area is 80.7 Å². The summed E-state index contributed by atoms with van der Waals surface area (Å²) in [5.41, 5.74) is 0.511. The Kier molecular flexibility index (Phi) is 2.24. The number of rotatable bonds is 2. The quantitative estimate of drug-likeness (QED) is 0.645. The molecule has 1 aromatic rings. The zero-order valence-electron chi connectivity index (χ0n) is 6.93. The maximum atomic E-state index is 11.4. The number of nitrogens with one attached hydrogen (secondary N) is 3. The lowest BCUT2D eigenvalue weighted by atomic mass is 10.2. The lowest BCUT2D eigenvalue weighted by molar-refractivity contribution is 0.0919. The van der Waals surface area contributed by atoms with Gasteiger partial charge in [0.05, 0.1) is 11.1 Å². The molecule has 2 rings (SSSR count). The minimum Gasteiger partial charge on any atom is -0.356 e. The van der Waals surface area contributed by atoms with Crippen LogP contribution in [0.1, 0.15) is 10.5 Å². The normalized spacial score (nSPS) is 16.7. The van der Waals surface area contributed by atoms with Gasteiger partial charge in [-0.1, -0.05) is 11.6 Å². The van der Waals surface area contributed by atoms with Crippen molar-refractivity contribution in [2.24, 2.45) is 0 Å². The molecule has 1 aromatic heterocycles. The summed E-state index contributed by atoms with van der Waals surface area (Å²) in [6, 6.07) is 1.87. The molecular formula is C8H10ClN3O. The van der Waals surface area contributed by atoms with Crippen molar-refractivity contribution < 1.29 is 4.79 Å². The van der Waals surface area contributed by atoms with Crippen molar-refractivity contribution in [1.29, 1.82) is 0 Å². The molecule has 0 radical (unpaired) electrons. The minimum atomic E-state index is -0.0987. The molecule has 0 unspecified atom stereocenters. The third-order valence-corrected chi connectivity index (χ3v) is 2.23. The number of halogens is 1. The Morgan fingerprint density at radius 1 is 1.62 bits per heavy atom. The van der Waals surface area contributed by atoms with E-state index in [4.69, 9.17) is 11.6 Å². The monoisotopic (exact) mass is 199 g/mol. The second kappa shape index (κ2) is 3.40. The molecule has 0 aromatic carbocycles. The van der Waals surface area contributed by atoms with Crippen LogP contribution in [-0.4, -0.2) is 30.0 Å². The van der Waals surface area contributed by atoms with Crippen LogP contribution < -0.4 is 10.6 Å². The number of amides is 1. The van der Waals surface area contributed by atoms with Gasteiger partial charge in [0.25, 0.3) is 5.91 Å². The van der Waals surface area contributed by atoms with E-state index < -0.39 is 0 Å². The van der Waals surface area contributed by atoms with Crippen LogP contribution in [0, 0.1) is 0 Å². The fraction of sp³-hybridized carbons (Fsp3) is 0.375. The van der Waals surface area contributed by atoms with Crippen molar-refractivity contribution in [1.82, 2.24) is 15.6 Å². The van der Waals surface area contributed by atoms with Gasteiger partial charge < -0.3 is 15.6 Å². The maximum absolute atomic E-state index is 11.4. The molecular weight excluding hydrogens is 190 g/mol. The Morgan fingerprint density at radius 3 is 2.85 bits per heavy atom. The van der Waals surface area contributed by atoms with Crippen LogP contribution in [0.3, 0.4) is 0 Å². The molecule has 1 fully saturated rings. The number of H-pyrrole nitrogens is 1. The molecule has 3 N–H and O–H groups in total. The summed E-state index contributed by atoms with van der Waals surface area (Å²) in [5, 5.41) is 6.48. The van der Waals surface area contributed by atoms with E-state index in [0.29, 0.717) is 10.7 Å². The first kappa shape index (κ1) is 8.59. The molecule has 70 valence electrons. The van der Waals surface area contributed by atoms with E-state index >= 15 is 0 Å². The van der Waals surface area contributed by atoms with E-state index in [1.54, 1.807) is 12.3 Å². The van der Waals surface area contributed by atoms with Gasteiger partial charge in [0.2, 0.25) is 0 Å². The molecule has 2 heterocycles. The van der Waals surface area contributed by atoms with Crippen molar-refractivity contribution in [3.63, 3.8) is 0 Å². The van der Waals surface area contributed by atoms with Crippen molar-refractivity contribution >= 4 is 17.5 Å². The van der Waals surface area contributed by atoms with E-state index in [1.165, 1.54) is 0 Å². The predicted molar refractivity (Wildman–Crippen MR) is 49.9 cm³/mol. The van der Waals surface area contributed by atoms with Crippen LogP contribution in [0.4, 0.5) is 0 Å². The first-order valence-corrected chi connectivity index (χ1v) is 4.49. The van der Waals surface area contributed by atoms with E-state index in [-0.39, 0.29) is 11.9 Å². The van der Waals surface area contributed by atoms with Gasteiger partial charge in [-0.05, 0) is 6.07 Å². The van der Waals surface area contributed by atoms with Gasteiger partial charge in [0.1, 0.15) is 5.69 Å². The van der Waals surface area contributed by atoms with Gasteiger partial charge in [-0.15, -0.1) is 0 Å². The van der Waals surface area contributed by atoms with Crippen LogP contribution in [0.15, 0.2) is 12.3 Å². The first-order valence-electron chi connectivity index (χ1n) is 4.11. The number of carbonyl (C=O) groups excluding carboxylic acids is 1. The van der Waals surface area contributed by atoms with E-state index in [9.17, 15) is 4.79 Å². The Morgan fingerprint density at radius 2 is 2.38 bits per heavy atom. The summed E-state index contributed by atoms with van der Waals surface area (Å²) in [5.74, 6) is -0.0987. The Hall–Kier alpha value is -1.00. The van der Waals surface area contributed by atoms with Crippen molar-refractivity contribution in [2.45, 2.75) is 6.04 Å². The lowest BCUT2D eigenvalue weighted by Gasteiger charge is -2.27. The topological polar surface area (TPSA) is 56.9 Å². The van der Waals surface area contributed by atoms with Crippen molar-refractivity contribution in [3.8, 4) is 0 Å². The van der Waals surface area contributed by atoms with Crippen LogP contribution >= 0.6 is 11.6 Å². The fourth-order valence-corrected chi connectivity index (χ4v) is 1.32. The second-order valence-electron chi connectivity index (χ2n) is 3.06. The van der Waals surface area contributed by atoms with Crippen LogP contribution in [0.25, 0.3) is 0 Å². The summed E-state index contributed by atoms with van der Waals surface area (Å²) in [4.78, 5) is 14.2. The molecule has 1 aliphatic rings. The van der Waals surface area contributed by atoms with E-state index in [0.717, 1.165) is 13.1 Å². The minimum absolute atomic E-state index is 0.0987. The maximum Gasteiger partial charge on any atom is 0.268 e. The lowest BCUT2D eigenvalue weighted by Crippen LogP contribution is -2.56. The summed E-state index contributed by atoms with van der Waals surface area (Å²) < 4.78 is 0. The zero-order chi connectivity index (χ0) is 9.26. The van der Waals surface area contributed by atoms with Gasteiger partial charge >= 0.3 is 0 Å². The molecule has 1 aliphatic heterocycles. The number of aromatic amines is 1. The standard InChI is InChI=1S/C8H10ClN3O/c9-5-1-7(11-2-5)8(13)12-6-3-10-4-6/h1-2,6,10-11H,3-4H2,(H,12,13). The van der Waals surface area contributed by atoms with E-state index in [2.05, 4.69) is 15.6 Å². The summed E-state index contributed by atoms with van der Waals surface area (Å²) in [7, 11) is 0. The summed E-state index contributed by atoms with van der Waals surface area (Å²) in [6.45, 7) is 1.69. The Bertz CT molecular complexity index is 319. The first-order chi connectivity index (χ1) is 6.25. The third kappa shape index (κ3) is 1.84. The molecule has 4 nitrogen and oxygen atoms in total. The molecule has 0 spiro atoms. The highest BCUT2D eigenvalue weighted by Gasteiger charge is 2.19. The molecule has 0 saturated carbocycles. The van der Waals surface area contributed by atoms with E-state index in [1.807, 2.05) is 0 Å². The molecule has 1 saturated heterocycles. The van der Waals surface area contributed by atoms with Gasteiger partial charge in [0.15, 0.2) is 0 Å². The van der Waals surface area contributed by atoms with Gasteiger partial charge in [-0.2, -0.15) is 0 Å². The molecule has 1 amide bonds. The number of hydrogen-bond donors (Lipinski definition) is 3. The third-order valence-electron chi connectivity index (χ3n) is 2.01. The average Bonchev–Trinajstić information content (AvgIpc) is 2.44. The largest absolute Gasteiger partial charge is 0.356 e. The van der Waals surface area contributed by atoms with Gasteiger partial charge in [0, 0.05) is 19.3 Å². The Balaban J connectivity index is 1.96. The average molecular weight is 200 g/mol. The molecule has 0 atom stereocenters. The van der Waals surface area contributed by atoms with Crippen molar-refractivity contribution in [3.05, 3.63) is 23.0 Å². The molecule has 5 heteroatoms. The van der Waals surface area contributed by atoms with Gasteiger partial charge in [-0.3, -0.25) is 4.79 Å². The molecule has 0 aliphatic carbocycles. The highest BCUT2D eigenvalue weighted by Crippen LogP contribution is 2.09. The highest BCUT2D eigenvalue weighted by molar-refractivity contribution is 6.30. The van der Waals surface area contributed by atoms with Gasteiger partial charge in [-0.25, -0.2) is 0 Å².